The van der Waals surface area contributed by atoms with Gasteiger partial charge in [-0.2, -0.15) is 0 Å². The predicted molar refractivity (Wildman–Crippen MR) is 244 cm³/mol. The summed E-state index contributed by atoms with van der Waals surface area (Å²) in [5.41, 5.74) is 0. The number of likely N-dealkylation sites (N-methyl/N-ethyl adjacent to an activating group) is 1. The average molecular weight is 793 g/mol. The summed E-state index contributed by atoms with van der Waals surface area (Å²) in [6, 6.07) is 0. The fraction of sp³-hybridized carbons (Fsp3) is 0.960. The first kappa shape index (κ1) is 54.9. The average Bonchev–Trinajstić information content (AvgIpc) is 3.20. The summed E-state index contributed by atoms with van der Waals surface area (Å²) in [5, 5.41) is 3.34. The summed E-state index contributed by atoms with van der Waals surface area (Å²) >= 11 is 0. The Morgan fingerprint density at radius 2 is 0.786 bits per heavy atom. The van der Waals surface area contributed by atoms with Crippen LogP contribution in [0.4, 0.5) is 0 Å². The summed E-state index contributed by atoms with van der Waals surface area (Å²) in [4.78, 5) is 27.6. The lowest BCUT2D eigenvalue weighted by Gasteiger charge is -2.22. The molecule has 0 bridgehead atoms. The molecule has 0 aromatic rings. The SMILES string of the molecule is CCCCCCCCCCCC(=O)OCCCCCCCCCN(CCCCCCCCCOC(=O)C(CCCCCCC)CCCCCCCC)CCNC. The van der Waals surface area contributed by atoms with Gasteiger partial charge in [0.1, 0.15) is 0 Å². The molecule has 6 heteroatoms. The van der Waals surface area contributed by atoms with E-state index in [1.807, 2.05) is 0 Å². The van der Waals surface area contributed by atoms with Crippen LogP contribution in [0.2, 0.25) is 0 Å². The van der Waals surface area contributed by atoms with E-state index in [9.17, 15) is 9.59 Å². The van der Waals surface area contributed by atoms with E-state index in [0.29, 0.717) is 19.6 Å². The van der Waals surface area contributed by atoms with Crippen LogP contribution in [-0.4, -0.2) is 63.3 Å². The molecule has 1 unspecified atom stereocenters. The molecular weight excluding hydrogens is 693 g/mol. The molecule has 0 aliphatic heterocycles. The molecule has 0 aliphatic rings. The number of ether oxygens (including phenoxy) is 2. The number of carbonyl (C=O) groups is 2. The maximum atomic E-state index is 12.9. The van der Waals surface area contributed by atoms with Crippen molar-refractivity contribution in [1.82, 2.24) is 10.2 Å². The van der Waals surface area contributed by atoms with Gasteiger partial charge >= 0.3 is 11.9 Å². The minimum absolute atomic E-state index is 0.00683. The van der Waals surface area contributed by atoms with Gasteiger partial charge in [0.05, 0.1) is 19.1 Å². The molecular formula is C50H100N2O4. The third kappa shape index (κ3) is 41.0. The Morgan fingerprint density at radius 3 is 1.21 bits per heavy atom. The van der Waals surface area contributed by atoms with Gasteiger partial charge in [0.25, 0.3) is 0 Å². The molecule has 0 radical (unpaired) electrons. The highest BCUT2D eigenvalue weighted by Gasteiger charge is 2.19. The highest BCUT2D eigenvalue weighted by Crippen LogP contribution is 2.21. The second-order valence-electron chi connectivity index (χ2n) is 17.3. The largest absolute Gasteiger partial charge is 0.466 e. The number of nitrogens with one attached hydrogen (secondary N) is 1. The van der Waals surface area contributed by atoms with E-state index in [0.717, 1.165) is 45.2 Å². The summed E-state index contributed by atoms with van der Waals surface area (Å²) in [6.07, 6.45) is 45.5. The van der Waals surface area contributed by atoms with Crippen LogP contribution in [-0.2, 0) is 19.1 Å². The van der Waals surface area contributed by atoms with Crippen molar-refractivity contribution < 1.29 is 19.1 Å². The molecule has 0 saturated heterocycles. The molecule has 56 heavy (non-hydrogen) atoms. The third-order valence-electron chi connectivity index (χ3n) is 11.8. The zero-order chi connectivity index (χ0) is 40.8. The molecule has 0 fully saturated rings. The molecule has 0 amide bonds. The molecule has 0 spiro atoms. The molecule has 1 atom stereocenters. The topological polar surface area (TPSA) is 67.9 Å². The minimum Gasteiger partial charge on any atom is -0.466 e. The van der Waals surface area contributed by atoms with E-state index in [-0.39, 0.29) is 17.9 Å². The lowest BCUT2D eigenvalue weighted by molar-refractivity contribution is -0.149. The minimum atomic E-state index is 0.00683. The van der Waals surface area contributed by atoms with Crippen LogP contribution >= 0.6 is 0 Å². The first-order valence-electron chi connectivity index (χ1n) is 25.3. The van der Waals surface area contributed by atoms with Gasteiger partial charge in [-0.15, -0.1) is 0 Å². The molecule has 0 saturated carbocycles. The van der Waals surface area contributed by atoms with Crippen LogP contribution in [0.25, 0.3) is 0 Å². The van der Waals surface area contributed by atoms with Gasteiger partial charge in [-0.1, -0.05) is 207 Å². The summed E-state index contributed by atoms with van der Waals surface area (Å²) in [6.45, 7) is 12.6. The van der Waals surface area contributed by atoms with Gasteiger partial charge in [-0.05, 0) is 65.1 Å². The molecule has 1 N–H and O–H groups in total. The smallest absolute Gasteiger partial charge is 0.308 e. The number of esters is 2. The number of hydrogen-bond acceptors (Lipinski definition) is 6. The molecule has 0 aromatic carbocycles. The van der Waals surface area contributed by atoms with E-state index in [4.69, 9.17) is 9.47 Å². The second-order valence-corrected chi connectivity index (χ2v) is 17.3. The number of nitrogens with zero attached hydrogens (tertiary/aromatic N) is 1. The van der Waals surface area contributed by atoms with E-state index in [1.165, 1.54) is 212 Å². The molecule has 334 valence electrons. The molecule has 0 rings (SSSR count). The van der Waals surface area contributed by atoms with Crippen molar-refractivity contribution in [2.45, 2.75) is 258 Å². The van der Waals surface area contributed by atoms with Crippen molar-refractivity contribution in [3.05, 3.63) is 0 Å². The van der Waals surface area contributed by atoms with Gasteiger partial charge in [0.15, 0.2) is 0 Å². The van der Waals surface area contributed by atoms with Crippen molar-refractivity contribution in [3.8, 4) is 0 Å². The summed E-state index contributed by atoms with van der Waals surface area (Å²) in [7, 11) is 2.06. The Kier molecular flexibility index (Phi) is 45.6. The Bertz CT molecular complexity index is 793. The first-order chi connectivity index (χ1) is 27.6. The lowest BCUT2D eigenvalue weighted by Crippen LogP contribution is -2.32. The van der Waals surface area contributed by atoms with E-state index in [2.05, 4.69) is 38.0 Å². The summed E-state index contributed by atoms with van der Waals surface area (Å²) in [5.74, 6) is 0.213. The number of carbonyl (C=O) groups excluding carboxylic acids is 2. The van der Waals surface area contributed by atoms with Gasteiger partial charge in [-0.3, -0.25) is 9.59 Å². The quantitative estimate of drug-likeness (QED) is 0.0489. The standard InChI is InChI=1S/C50H100N2O4/c1-5-8-11-14-16-17-20-27-34-41-49(53)55-46-37-30-23-18-21-28-35-43-52(45-42-51-4)44-36-29-22-19-24-31-38-47-56-50(54)48(39-32-25-13-10-7-3)40-33-26-15-12-9-6-2/h48,51H,5-47H2,1-4H3. The Hall–Kier alpha value is -1.14. The van der Waals surface area contributed by atoms with Crippen LogP contribution < -0.4 is 5.32 Å². The predicted octanol–water partition coefficient (Wildman–Crippen LogP) is 14.7. The number of unbranched alkanes of at least 4 members (excludes halogenated alkanes) is 29. The van der Waals surface area contributed by atoms with Gasteiger partial charge < -0.3 is 19.7 Å². The van der Waals surface area contributed by atoms with Crippen molar-refractivity contribution in [2.24, 2.45) is 5.92 Å². The van der Waals surface area contributed by atoms with Gasteiger partial charge in [-0.25, -0.2) is 0 Å². The van der Waals surface area contributed by atoms with Gasteiger partial charge in [0, 0.05) is 19.5 Å². The fourth-order valence-electron chi connectivity index (χ4n) is 7.92. The Labute approximate surface area is 350 Å². The maximum absolute atomic E-state index is 12.9. The molecule has 0 aromatic heterocycles. The Morgan fingerprint density at radius 1 is 0.429 bits per heavy atom. The number of hydrogen-bond donors (Lipinski definition) is 1. The van der Waals surface area contributed by atoms with Crippen molar-refractivity contribution in [3.63, 3.8) is 0 Å². The second kappa shape index (κ2) is 46.5. The van der Waals surface area contributed by atoms with Crippen molar-refractivity contribution in [1.29, 1.82) is 0 Å². The Balaban J connectivity index is 3.85. The highest BCUT2D eigenvalue weighted by atomic mass is 16.5. The van der Waals surface area contributed by atoms with Crippen LogP contribution in [0.1, 0.15) is 258 Å². The van der Waals surface area contributed by atoms with Crippen LogP contribution in [0.5, 0.6) is 0 Å². The third-order valence-corrected chi connectivity index (χ3v) is 11.8. The van der Waals surface area contributed by atoms with Crippen LogP contribution in [0.15, 0.2) is 0 Å². The summed E-state index contributed by atoms with van der Waals surface area (Å²) < 4.78 is 11.3. The lowest BCUT2D eigenvalue weighted by atomic mass is 9.94. The van der Waals surface area contributed by atoms with Crippen molar-refractivity contribution in [2.75, 3.05) is 46.4 Å². The molecule has 6 nitrogen and oxygen atoms in total. The normalized spacial score (nSPS) is 12.1. The maximum Gasteiger partial charge on any atom is 0.308 e. The van der Waals surface area contributed by atoms with Crippen LogP contribution in [0.3, 0.4) is 0 Å². The molecule has 0 aliphatic carbocycles. The number of rotatable bonds is 47. The zero-order valence-corrected chi connectivity index (χ0v) is 38.6. The van der Waals surface area contributed by atoms with E-state index in [1.54, 1.807) is 0 Å². The van der Waals surface area contributed by atoms with Crippen molar-refractivity contribution >= 4 is 11.9 Å². The monoisotopic (exact) mass is 793 g/mol. The van der Waals surface area contributed by atoms with E-state index < -0.39 is 0 Å². The fourth-order valence-corrected chi connectivity index (χ4v) is 7.92. The first-order valence-corrected chi connectivity index (χ1v) is 25.3. The van der Waals surface area contributed by atoms with Crippen LogP contribution in [0, 0.1) is 5.92 Å². The van der Waals surface area contributed by atoms with Gasteiger partial charge in [0.2, 0.25) is 0 Å². The van der Waals surface area contributed by atoms with E-state index >= 15 is 0 Å². The zero-order valence-electron chi connectivity index (χ0n) is 38.6. The molecule has 0 heterocycles. The highest BCUT2D eigenvalue weighted by molar-refractivity contribution is 5.72.